The number of allylic oxidation sites excluding steroid dienone is 1. The number of halogens is 9. The topological polar surface area (TPSA) is 0 Å². The first-order valence-electron chi connectivity index (χ1n) is 6.16. The highest BCUT2D eigenvalue weighted by molar-refractivity contribution is 6.80. The Bertz CT molecular complexity index is 613. The van der Waals surface area contributed by atoms with Crippen molar-refractivity contribution < 1.29 is 0 Å². The van der Waals surface area contributed by atoms with E-state index in [1.807, 2.05) is 36.4 Å². The van der Waals surface area contributed by atoms with Gasteiger partial charge in [-0.15, -0.1) is 0 Å². The van der Waals surface area contributed by atoms with Crippen LogP contribution < -0.4 is 0 Å². The van der Waals surface area contributed by atoms with Crippen molar-refractivity contribution >= 4 is 110 Å². The SMILES string of the molecule is ClC(Cl)(Cl)C(Cl)(Cl)C(Cl)(Cl)C(Cl)(Cl)[C]1CC=Cc2ccccc21. The largest absolute Gasteiger partial charge is 0.226 e. The van der Waals surface area contributed by atoms with E-state index in [2.05, 4.69) is 0 Å². The third kappa shape index (κ3) is 3.55. The molecule has 0 aromatic heterocycles. The molecule has 0 heterocycles. The molecule has 0 amide bonds. The molecule has 0 saturated heterocycles. The van der Waals surface area contributed by atoms with Gasteiger partial charge in [-0.25, -0.2) is 0 Å². The smallest absolute Gasteiger partial charge is 0.0971 e. The second-order valence-corrected chi connectivity index (χ2v) is 11.2. The summed E-state index contributed by atoms with van der Waals surface area (Å²) >= 11 is 55.4. The van der Waals surface area contributed by atoms with Crippen LogP contribution in [0.3, 0.4) is 0 Å². The Morgan fingerprint density at radius 1 is 0.739 bits per heavy atom. The molecule has 0 N–H and O–H groups in total. The molecule has 0 spiro atoms. The Hall–Kier alpha value is 1.57. The summed E-state index contributed by atoms with van der Waals surface area (Å²) in [4.78, 5) is 0. The lowest BCUT2D eigenvalue weighted by atomic mass is 9.82. The third-order valence-electron chi connectivity index (χ3n) is 3.43. The molecule has 1 aliphatic rings. The molecule has 1 radical (unpaired) electrons. The summed E-state index contributed by atoms with van der Waals surface area (Å²) in [7, 11) is 0. The van der Waals surface area contributed by atoms with E-state index in [1.54, 1.807) is 0 Å². The van der Waals surface area contributed by atoms with Crippen molar-refractivity contribution in [2.75, 3.05) is 0 Å². The minimum Gasteiger partial charge on any atom is -0.0971 e. The fourth-order valence-electron chi connectivity index (χ4n) is 2.19. The quantitative estimate of drug-likeness (QED) is 0.374. The van der Waals surface area contributed by atoms with Crippen LogP contribution in [0.15, 0.2) is 30.3 Å². The van der Waals surface area contributed by atoms with Crippen molar-refractivity contribution in [2.45, 2.75) is 23.2 Å². The second-order valence-electron chi connectivity index (χ2n) is 4.89. The summed E-state index contributed by atoms with van der Waals surface area (Å²) in [5.41, 5.74) is 1.66. The van der Waals surface area contributed by atoms with E-state index >= 15 is 0 Å². The van der Waals surface area contributed by atoms with E-state index in [9.17, 15) is 0 Å². The Labute approximate surface area is 179 Å². The van der Waals surface area contributed by atoms with Gasteiger partial charge in [0.25, 0.3) is 0 Å². The van der Waals surface area contributed by atoms with E-state index in [0.29, 0.717) is 12.3 Å². The highest BCUT2D eigenvalue weighted by atomic mass is 35.6. The Morgan fingerprint density at radius 2 is 1.30 bits per heavy atom. The van der Waals surface area contributed by atoms with Gasteiger partial charge in [0.2, 0.25) is 3.79 Å². The van der Waals surface area contributed by atoms with Crippen LogP contribution in [0, 0.1) is 5.92 Å². The maximum absolute atomic E-state index is 6.51. The number of hydrogen-bond donors (Lipinski definition) is 0. The molecule has 2 rings (SSSR count). The Kier molecular flexibility index (Phi) is 6.31. The van der Waals surface area contributed by atoms with Crippen LogP contribution in [-0.2, 0) is 0 Å². The normalized spacial score (nSPS) is 17.3. The zero-order valence-electron chi connectivity index (χ0n) is 11.1. The van der Waals surface area contributed by atoms with Crippen molar-refractivity contribution in [3.63, 3.8) is 0 Å². The minimum absolute atomic E-state index is 0.384. The van der Waals surface area contributed by atoms with Crippen molar-refractivity contribution in [2.24, 2.45) is 0 Å². The zero-order valence-corrected chi connectivity index (χ0v) is 17.9. The Morgan fingerprint density at radius 3 is 1.87 bits per heavy atom. The third-order valence-corrected chi connectivity index (χ3v) is 8.92. The van der Waals surface area contributed by atoms with E-state index in [4.69, 9.17) is 104 Å². The Balaban J connectivity index is 2.52. The maximum atomic E-state index is 6.51. The molecule has 0 fully saturated rings. The molecule has 0 nitrogen and oxygen atoms in total. The molecular weight excluding hydrogens is 487 g/mol. The molecule has 0 bridgehead atoms. The van der Waals surface area contributed by atoms with Crippen molar-refractivity contribution in [1.29, 1.82) is 0 Å². The van der Waals surface area contributed by atoms with E-state index in [1.165, 1.54) is 0 Å². The molecular formula is C14H8Cl9. The molecule has 0 aliphatic heterocycles. The highest BCUT2D eigenvalue weighted by Gasteiger charge is 2.70. The van der Waals surface area contributed by atoms with Crippen LogP contribution in [0.1, 0.15) is 17.5 Å². The van der Waals surface area contributed by atoms with Crippen molar-refractivity contribution in [3.8, 4) is 0 Å². The molecule has 0 unspecified atom stereocenters. The summed E-state index contributed by atoms with van der Waals surface area (Å²) in [6.07, 6.45) is 4.17. The van der Waals surface area contributed by atoms with Crippen LogP contribution in [-0.4, -0.2) is 16.8 Å². The van der Waals surface area contributed by atoms with Crippen molar-refractivity contribution in [3.05, 3.63) is 47.4 Å². The molecule has 1 aromatic carbocycles. The van der Waals surface area contributed by atoms with Crippen LogP contribution in [0.25, 0.3) is 6.08 Å². The van der Waals surface area contributed by atoms with Gasteiger partial charge >= 0.3 is 0 Å². The van der Waals surface area contributed by atoms with Gasteiger partial charge in [0, 0.05) is 5.92 Å². The molecule has 1 aromatic rings. The predicted molar refractivity (Wildman–Crippen MR) is 106 cm³/mol. The number of alkyl halides is 9. The van der Waals surface area contributed by atoms with E-state index in [0.717, 1.165) is 11.1 Å². The van der Waals surface area contributed by atoms with Gasteiger partial charge < -0.3 is 0 Å². The molecule has 127 valence electrons. The van der Waals surface area contributed by atoms with E-state index < -0.39 is 16.8 Å². The fraction of sp³-hybridized carbons (Fsp3) is 0.357. The summed E-state index contributed by atoms with van der Waals surface area (Å²) in [6, 6.07) is 7.43. The lowest BCUT2D eigenvalue weighted by Crippen LogP contribution is -2.58. The van der Waals surface area contributed by atoms with E-state index in [-0.39, 0.29) is 0 Å². The first kappa shape index (κ1) is 20.9. The zero-order chi connectivity index (χ0) is 17.7. The van der Waals surface area contributed by atoms with Crippen LogP contribution in [0.4, 0.5) is 0 Å². The fourth-order valence-corrected chi connectivity index (χ4v) is 4.54. The van der Waals surface area contributed by atoms with Gasteiger partial charge in [0.05, 0.1) is 0 Å². The maximum Gasteiger partial charge on any atom is 0.226 e. The van der Waals surface area contributed by atoms with Crippen LogP contribution >= 0.6 is 104 Å². The summed E-state index contributed by atoms with van der Waals surface area (Å²) in [5, 5.41) is 0. The summed E-state index contributed by atoms with van der Waals surface area (Å²) in [5.74, 6) is 0.504. The lowest BCUT2D eigenvalue weighted by Gasteiger charge is -2.47. The summed E-state index contributed by atoms with van der Waals surface area (Å²) in [6.45, 7) is 0. The lowest BCUT2D eigenvalue weighted by molar-refractivity contribution is 0.587. The number of fused-ring (bicyclic) bond motifs is 1. The number of rotatable bonds is 3. The molecule has 9 heteroatoms. The van der Waals surface area contributed by atoms with Gasteiger partial charge in [-0.05, 0) is 17.5 Å². The van der Waals surface area contributed by atoms with Gasteiger partial charge in [0.1, 0.15) is 0 Å². The number of hydrogen-bond acceptors (Lipinski definition) is 0. The average Bonchev–Trinajstić information content (AvgIpc) is 2.45. The monoisotopic (exact) mass is 491 g/mol. The molecule has 0 saturated carbocycles. The van der Waals surface area contributed by atoms with Crippen LogP contribution in [0.5, 0.6) is 0 Å². The molecule has 23 heavy (non-hydrogen) atoms. The average molecular weight is 495 g/mol. The van der Waals surface area contributed by atoms with Gasteiger partial charge in [-0.1, -0.05) is 141 Å². The molecule has 0 atom stereocenters. The van der Waals surface area contributed by atoms with Gasteiger partial charge in [-0.3, -0.25) is 0 Å². The van der Waals surface area contributed by atoms with Crippen molar-refractivity contribution in [1.82, 2.24) is 0 Å². The summed E-state index contributed by atoms with van der Waals surface area (Å²) < 4.78 is -8.69. The predicted octanol–water partition coefficient (Wildman–Crippen LogP) is 7.92. The second kappa shape index (κ2) is 6.95. The standard InChI is InChI=1S/C14H8Cl9/c15-11(16,12(17,18)13(19,20)14(21,22)23)10-7-3-5-8-4-1-2-6-9(8)10/h1-6H,7H2. The minimum atomic E-state index is -2.29. The van der Waals surface area contributed by atoms with Gasteiger partial charge in [0.15, 0.2) is 13.0 Å². The van der Waals surface area contributed by atoms with Crippen LogP contribution in [0.2, 0.25) is 0 Å². The number of benzene rings is 1. The highest BCUT2D eigenvalue weighted by Crippen LogP contribution is 2.65. The first-order chi connectivity index (χ1) is 10.3. The van der Waals surface area contributed by atoms with Gasteiger partial charge in [-0.2, -0.15) is 0 Å². The molecule has 1 aliphatic carbocycles. The first-order valence-corrected chi connectivity index (χ1v) is 9.56.